The summed E-state index contributed by atoms with van der Waals surface area (Å²) in [5, 5.41) is 11.1. The lowest BCUT2D eigenvalue weighted by Crippen LogP contribution is -2.03. The van der Waals surface area contributed by atoms with Crippen molar-refractivity contribution in [3.8, 4) is 0 Å². The Morgan fingerprint density at radius 2 is 1.81 bits per heavy atom. The fourth-order valence-corrected chi connectivity index (χ4v) is 4.59. The normalized spacial score (nSPS) is 11.9. The zero-order valence-electron chi connectivity index (χ0n) is 17.3. The Balaban J connectivity index is 1.53. The zero-order valence-corrected chi connectivity index (χ0v) is 20.2. The Hall–Kier alpha value is -2.70. The van der Waals surface area contributed by atoms with E-state index in [9.17, 15) is 9.90 Å². The highest BCUT2D eigenvalue weighted by Crippen LogP contribution is 2.32. The van der Waals surface area contributed by atoms with Crippen LogP contribution in [0.15, 0.2) is 85.4 Å². The molecular weight excluding hydrogens is 533 g/mol. The molecule has 1 atom stereocenters. The first-order valence-electron chi connectivity index (χ1n) is 10.2. The number of carbonyl (C=O) groups is 1. The van der Waals surface area contributed by atoms with Gasteiger partial charge in [-0.15, -0.1) is 0 Å². The number of aromatic nitrogens is 1. The number of pyridine rings is 1. The lowest BCUT2D eigenvalue weighted by Gasteiger charge is -2.14. The zero-order chi connectivity index (χ0) is 22.7. The second kappa shape index (κ2) is 9.84. The number of hydrogen-bond acceptors (Lipinski definition) is 2. The van der Waals surface area contributed by atoms with Crippen molar-refractivity contribution in [2.75, 3.05) is 0 Å². The molecular formula is C27H21ClINO2. The van der Waals surface area contributed by atoms with Gasteiger partial charge in [0.1, 0.15) is 0 Å². The molecule has 1 aromatic heterocycles. The third-order valence-electron chi connectivity index (χ3n) is 5.48. The summed E-state index contributed by atoms with van der Waals surface area (Å²) in [4.78, 5) is 16.2. The van der Waals surface area contributed by atoms with Gasteiger partial charge in [0.15, 0.2) is 0 Å². The second-order valence-corrected chi connectivity index (χ2v) is 9.55. The maximum absolute atomic E-state index is 11.5. The minimum Gasteiger partial charge on any atom is -0.478 e. The molecule has 5 heteroatoms. The summed E-state index contributed by atoms with van der Waals surface area (Å²) in [7, 11) is 0. The molecule has 0 saturated carbocycles. The molecule has 0 unspecified atom stereocenters. The lowest BCUT2D eigenvalue weighted by atomic mass is 9.97. The Morgan fingerprint density at radius 3 is 2.62 bits per heavy atom. The van der Waals surface area contributed by atoms with Crippen molar-refractivity contribution in [3.05, 3.63) is 118 Å². The van der Waals surface area contributed by atoms with Gasteiger partial charge in [0.2, 0.25) is 0 Å². The molecule has 0 radical (unpaired) electrons. The molecule has 160 valence electrons. The summed E-state index contributed by atoms with van der Waals surface area (Å²) < 4.78 is 0.241. The Bertz CT molecular complexity index is 1320. The third-order valence-corrected chi connectivity index (χ3v) is 7.05. The molecule has 0 saturated heterocycles. The molecule has 0 spiro atoms. The average molecular weight is 554 g/mol. The predicted molar refractivity (Wildman–Crippen MR) is 140 cm³/mol. The van der Waals surface area contributed by atoms with Gasteiger partial charge in [-0.3, -0.25) is 0 Å². The largest absolute Gasteiger partial charge is 0.478 e. The molecule has 1 heterocycles. The van der Waals surface area contributed by atoms with Crippen molar-refractivity contribution in [2.24, 2.45) is 0 Å². The number of rotatable bonds is 7. The maximum atomic E-state index is 11.5. The molecule has 0 bridgehead atoms. The first kappa shape index (κ1) is 22.5. The van der Waals surface area contributed by atoms with Crippen LogP contribution in [0.25, 0.3) is 16.5 Å². The van der Waals surface area contributed by atoms with E-state index in [1.54, 1.807) is 12.1 Å². The van der Waals surface area contributed by atoms with Gasteiger partial charge >= 0.3 is 5.97 Å². The third kappa shape index (κ3) is 5.03. The average Bonchev–Trinajstić information content (AvgIpc) is 2.81. The molecule has 3 aromatic carbocycles. The van der Waals surface area contributed by atoms with E-state index in [0.717, 1.165) is 39.7 Å². The summed E-state index contributed by atoms with van der Waals surface area (Å²) in [5.41, 5.74) is 5.95. The van der Waals surface area contributed by atoms with Gasteiger partial charge in [-0.2, -0.15) is 0 Å². The van der Waals surface area contributed by atoms with Gasteiger partial charge in [-0.05, 0) is 53.8 Å². The van der Waals surface area contributed by atoms with Crippen LogP contribution in [-0.4, -0.2) is 16.1 Å². The molecule has 0 aliphatic carbocycles. The van der Waals surface area contributed by atoms with Crippen LogP contribution in [0.1, 0.15) is 43.1 Å². The molecule has 0 aliphatic rings. The fourth-order valence-electron chi connectivity index (χ4n) is 3.72. The van der Waals surface area contributed by atoms with Gasteiger partial charge in [-0.25, -0.2) is 9.78 Å². The highest BCUT2D eigenvalue weighted by molar-refractivity contribution is 14.1. The van der Waals surface area contributed by atoms with Gasteiger partial charge < -0.3 is 5.11 Å². The smallest absolute Gasteiger partial charge is 0.335 e. The summed E-state index contributed by atoms with van der Waals surface area (Å²) in [6.07, 6.45) is 1.54. The summed E-state index contributed by atoms with van der Waals surface area (Å²) in [6, 6.07) is 25.2. The second-order valence-electron chi connectivity index (χ2n) is 7.61. The van der Waals surface area contributed by atoms with Crippen LogP contribution in [-0.2, 0) is 6.42 Å². The summed E-state index contributed by atoms with van der Waals surface area (Å²) in [6.45, 7) is 4.29. The minimum absolute atomic E-state index is 0.241. The number of fused-ring (bicyclic) bond motifs is 1. The number of carboxylic acids is 1. The van der Waals surface area contributed by atoms with Crippen molar-refractivity contribution in [2.45, 2.75) is 16.8 Å². The SMILES string of the molecule is C=C(c1cccc([C@@H](I)CCc2ccccc2C(=O)O)c1)c1ccc2ccc(Cl)cc2n1. The van der Waals surface area contributed by atoms with E-state index in [2.05, 4.69) is 41.3 Å². The Kier molecular flexibility index (Phi) is 6.92. The van der Waals surface area contributed by atoms with Crippen molar-refractivity contribution < 1.29 is 9.90 Å². The molecule has 0 amide bonds. The number of halogens is 2. The van der Waals surface area contributed by atoms with Crippen LogP contribution in [0.2, 0.25) is 5.02 Å². The highest BCUT2D eigenvalue weighted by atomic mass is 127. The van der Waals surface area contributed by atoms with Crippen LogP contribution in [0, 0.1) is 0 Å². The molecule has 3 nitrogen and oxygen atoms in total. The first-order chi connectivity index (χ1) is 15.4. The molecule has 32 heavy (non-hydrogen) atoms. The Morgan fingerprint density at radius 1 is 1.03 bits per heavy atom. The van der Waals surface area contributed by atoms with Gasteiger partial charge in [0.05, 0.1) is 16.8 Å². The van der Waals surface area contributed by atoms with Gasteiger partial charge in [-0.1, -0.05) is 95.4 Å². The highest BCUT2D eigenvalue weighted by Gasteiger charge is 2.14. The number of alkyl halides is 1. The van der Waals surface area contributed by atoms with Crippen molar-refractivity contribution in [1.82, 2.24) is 4.98 Å². The van der Waals surface area contributed by atoms with Crippen LogP contribution in [0.3, 0.4) is 0 Å². The van der Waals surface area contributed by atoms with E-state index in [1.807, 2.05) is 54.6 Å². The quantitative estimate of drug-likeness (QED) is 0.188. The van der Waals surface area contributed by atoms with Crippen LogP contribution < -0.4 is 0 Å². The first-order valence-corrected chi connectivity index (χ1v) is 11.9. The Labute approximate surface area is 205 Å². The van der Waals surface area contributed by atoms with Crippen molar-refractivity contribution in [3.63, 3.8) is 0 Å². The van der Waals surface area contributed by atoms with E-state index >= 15 is 0 Å². The number of nitrogens with zero attached hydrogens (tertiary/aromatic N) is 1. The molecule has 0 fully saturated rings. The van der Waals surface area contributed by atoms with Crippen molar-refractivity contribution in [1.29, 1.82) is 0 Å². The van der Waals surface area contributed by atoms with Gasteiger partial charge in [0, 0.05) is 19.9 Å². The number of aromatic carboxylic acids is 1. The summed E-state index contributed by atoms with van der Waals surface area (Å²) in [5.74, 6) is -0.881. The maximum Gasteiger partial charge on any atom is 0.335 e. The van der Waals surface area contributed by atoms with E-state index in [1.165, 1.54) is 5.56 Å². The van der Waals surface area contributed by atoms with E-state index in [4.69, 9.17) is 16.6 Å². The van der Waals surface area contributed by atoms with Crippen LogP contribution in [0.4, 0.5) is 0 Å². The molecule has 4 rings (SSSR count). The predicted octanol–water partition coefficient (Wildman–Crippen LogP) is 7.76. The molecule has 0 aliphatic heterocycles. The van der Waals surface area contributed by atoms with E-state index < -0.39 is 5.97 Å². The van der Waals surface area contributed by atoms with E-state index in [0.29, 0.717) is 17.0 Å². The number of hydrogen-bond donors (Lipinski definition) is 1. The number of aryl methyl sites for hydroxylation is 1. The van der Waals surface area contributed by atoms with Crippen molar-refractivity contribution >= 4 is 56.6 Å². The fraction of sp³-hybridized carbons (Fsp3) is 0.111. The van der Waals surface area contributed by atoms with Crippen LogP contribution in [0.5, 0.6) is 0 Å². The number of carboxylic acid groups (broad SMARTS) is 1. The van der Waals surface area contributed by atoms with Crippen LogP contribution >= 0.6 is 34.2 Å². The standard InChI is InChI=1S/C27H21ClINO2/c1-17(25-14-11-19-9-12-22(28)16-26(19)30-25)20-6-4-7-21(15-20)24(29)13-10-18-5-2-3-8-23(18)27(31)32/h2-9,11-12,14-16,24H,1,10,13H2,(H,31,32)/t24-/m0/s1. The number of benzene rings is 3. The molecule has 1 N–H and O–H groups in total. The minimum atomic E-state index is -0.881. The van der Waals surface area contributed by atoms with E-state index in [-0.39, 0.29) is 3.92 Å². The monoisotopic (exact) mass is 553 g/mol. The topological polar surface area (TPSA) is 50.2 Å². The van der Waals surface area contributed by atoms with Gasteiger partial charge in [0.25, 0.3) is 0 Å². The molecule has 4 aromatic rings. The summed E-state index contributed by atoms with van der Waals surface area (Å²) >= 11 is 8.55. The lowest BCUT2D eigenvalue weighted by molar-refractivity contribution is 0.0695.